The summed E-state index contributed by atoms with van der Waals surface area (Å²) in [4.78, 5) is 0. The first-order chi connectivity index (χ1) is 22.5. The van der Waals surface area contributed by atoms with Gasteiger partial charge in [-0.1, -0.05) is 121 Å². The lowest BCUT2D eigenvalue weighted by Crippen LogP contribution is -2.78. The van der Waals surface area contributed by atoms with E-state index < -0.39 is 43.0 Å². The van der Waals surface area contributed by atoms with Crippen molar-refractivity contribution < 1.29 is 31.4 Å². The van der Waals surface area contributed by atoms with E-state index in [0.717, 1.165) is 33.6 Å². The Bertz CT molecular complexity index is 1380. The first-order valence-corrected chi connectivity index (χ1v) is 20.1. The first-order valence-electron chi connectivity index (χ1n) is 16.4. The van der Waals surface area contributed by atoms with Crippen LogP contribution in [0.25, 0.3) is 0 Å². The Morgan fingerprint density at radius 1 is 0.511 bits per heavy atom. The van der Waals surface area contributed by atoms with Gasteiger partial charge in [0.25, 0.3) is 0 Å². The predicted molar refractivity (Wildman–Crippen MR) is 191 cm³/mol. The van der Waals surface area contributed by atoms with E-state index in [-0.39, 0.29) is 12.2 Å². The predicted octanol–water partition coefficient (Wildman–Crippen LogP) is 4.73. The maximum atomic E-state index is 7.90. The van der Waals surface area contributed by atoms with Crippen molar-refractivity contribution in [3.05, 3.63) is 121 Å². The van der Waals surface area contributed by atoms with E-state index in [1.54, 1.807) is 0 Å². The van der Waals surface area contributed by atoms with Gasteiger partial charge in [-0.3, -0.25) is 0 Å². The third kappa shape index (κ3) is 7.75. The molecule has 2 unspecified atom stereocenters. The molecule has 2 saturated heterocycles. The molecule has 0 saturated carbocycles. The van der Waals surface area contributed by atoms with Gasteiger partial charge in [0.2, 0.25) is 0 Å². The molecule has 0 aromatic heterocycles. The Morgan fingerprint density at radius 3 is 1.04 bits per heavy atom. The van der Waals surface area contributed by atoms with Gasteiger partial charge in [-0.2, -0.15) is 0 Å². The molecule has 7 nitrogen and oxygen atoms in total. The molecule has 0 aliphatic carbocycles. The second kappa shape index (κ2) is 14.0. The van der Waals surface area contributed by atoms with Crippen LogP contribution in [0.5, 0.6) is 0 Å². The summed E-state index contributed by atoms with van der Waals surface area (Å²) in [5, 5.41) is 3.56. The molecule has 244 valence electrons. The van der Waals surface area contributed by atoms with Gasteiger partial charge in [-0.05, 0) is 75.1 Å². The van der Waals surface area contributed by atoms with Crippen molar-refractivity contribution in [3.8, 4) is 0 Å². The van der Waals surface area contributed by atoms with Crippen LogP contribution in [0, 0.1) is 0 Å². The van der Waals surface area contributed by atoms with Crippen LogP contribution in [0.15, 0.2) is 121 Å². The number of benzene rings is 4. The molecule has 0 radical (unpaired) electrons. The topological polar surface area (TPSA) is 64.6 Å². The van der Waals surface area contributed by atoms with Gasteiger partial charge < -0.3 is 31.4 Å². The number of hydrogen-bond donors (Lipinski definition) is 0. The van der Waals surface area contributed by atoms with Crippen LogP contribution in [0.4, 0.5) is 0 Å². The van der Waals surface area contributed by atoms with Gasteiger partial charge >= 0.3 is 31.8 Å². The van der Waals surface area contributed by atoms with Crippen molar-refractivity contribution in [2.45, 2.75) is 77.8 Å². The molecular formula is C36H44B2O7Si2. The maximum Gasteiger partial charge on any atom is 0.631 e. The van der Waals surface area contributed by atoms with Crippen molar-refractivity contribution >= 4 is 52.5 Å². The second-order valence-electron chi connectivity index (χ2n) is 13.7. The van der Waals surface area contributed by atoms with Crippen molar-refractivity contribution in [2.75, 3.05) is 0 Å². The average molecular weight is 667 g/mol. The molecule has 0 amide bonds. The van der Waals surface area contributed by atoms with E-state index in [1.807, 2.05) is 86.6 Å². The van der Waals surface area contributed by atoms with E-state index in [1.165, 1.54) is 0 Å². The summed E-state index contributed by atoms with van der Waals surface area (Å²) in [6.07, 6.45) is 1.30. The molecule has 0 N–H and O–H groups in total. The molecule has 2 fully saturated rings. The summed E-state index contributed by atoms with van der Waals surface area (Å²) in [6, 6.07) is 40.5. The second-order valence-corrected chi connectivity index (χ2v) is 19.7. The molecule has 0 bridgehead atoms. The quantitative estimate of drug-likeness (QED) is 0.227. The van der Waals surface area contributed by atoms with Crippen LogP contribution < -0.4 is 20.7 Å². The SMILES string of the molecule is CC1CC(C)(C)OB(O[Si](O[Si](OB2OC(C)CC(C)(C)O2)(c2ccccc2)c2ccccc2)(c2ccccc2)c2ccccc2)O1. The normalized spacial score (nSPS) is 21.4. The van der Waals surface area contributed by atoms with Gasteiger partial charge in [-0.25, -0.2) is 0 Å². The summed E-state index contributed by atoms with van der Waals surface area (Å²) in [5.74, 6) is 0. The molecule has 2 aliphatic rings. The third-order valence-electron chi connectivity index (χ3n) is 8.50. The zero-order valence-corrected chi connectivity index (χ0v) is 30.1. The fraction of sp³-hybridized carbons (Fsp3) is 0.333. The maximum absolute atomic E-state index is 7.90. The zero-order chi connectivity index (χ0) is 33.1. The van der Waals surface area contributed by atoms with Crippen molar-refractivity contribution in [2.24, 2.45) is 0 Å². The molecule has 2 atom stereocenters. The van der Waals surface area contributed by atoms with Gasteiger partial charge in [0.05, 0.1) is 11.2 Å². The highest BCUT2D eigenvalue weighted by molar-refractivity contribution is 7.06. The van der Waals surface area contributed by atoms with Crippen molar-refractivity contribution in [1.29, 1.82) is 0 Å². The first kappa shape index (κ1) is 34.0. The minimum atomic E-state index is -3.79. The third-order valence-corrected chi connectivity index (χ3v) is 16.2. The summed E-state index contributed by atoms with van der Waals surface area (Å²) in [6.45, 7) is 12.4. The minimum absolute atomic E-state index is 0.0868. The summed E-state index contributed by atoms with van der Waals surface area (Å²) in [5.41, 5.74) is -0.934. The standard InChI is InChI=1S/C36H44B2O7Si2/c1-29-27-35(3,4)41-37(39-29)43-46(31-19-11-7-12-20-31,32-21-13-8-14-22-32)45-47(33-23-15-9-16-24-33,34-25-17-10-18-26-34)44-38-40-30(2)28-36(5,6)42-38/h7-26,29-30H,27-28H2,1-6H3. The van der Waals surface area contributed by atoms with E-state index in [2.05, 4.69) is 76.2 Å². The highest BCUT2D eigenvalue weighted by Crippen LogP contribution is 2.31. The van der Waals surface area contributed by atoms with Gasteiger partial charge in [0.15, 0.2) is 0 Å². The minimum Gasteiger partial charge on any atom is -0.402 e. The van der Waals surface area contributed by atoms with Crippen molar-refractivity contribution in [3.63, 3.8) is 0 Å². The largest absolute Gasteiger partial charge is 0.631 e. The molecule has 0 spiro atoms. The Kier molecular flexibility index (Phi) is 10.1. The Labute approximate surface area is 282 Å². The van der Waals surface area contributed by atoms with Crippen LogP contribution in [0.2, 0.25) is 0 Å². The summed E-state index contributed by atoms with van der Waals surface area (Å²) in [7, 11) is -9.55. The van der Waals surface area contributed by atoms with Crippen LogP contribution >= 0.6 is 0 Å². The van der Waals surface area contributed by atoms with E-state index in [4.69, 9.17) is 31.4 Å². The molecule has 4 aromatic carbocycles. The summed E-state index contributed by atoms with van der Waals surface area (Å²) >= 11 is 0. The van der Waals surface area contributed by atoms with E-state index in [0.29, 0.717) is 0 Å². The number of rotatable bonds is 10. The molecule has 2 heterocycles. The highest BCUT2D eigenvalue weighted by Gasteiger charge is 2.59. The van der Waals surface area contributed by atoms with Gasteiger partial charge in [0.1, 0.15) is 0 Å². The van der Waals surface area contributed by atoms with Crippen LogP contribution in [0.3, 0.4) is 0 Å². The van der Waals surface area contributed by atoms with Crippen LogP contribution in [0.1, 0.15) is 54.4 Å². The zero-order valence-electron chi connectivity index (χ0n) is 28.1. The molecule has 4 aromatic rings. The van der Waals surface area contributed by atoms with Crippen LogP contribution in [-0.4, -0.2) is 55.2 Å². The molecule has 11 heteroatoms. The van der Waals surface area contributed by atoms with E-state index in [9.17, 15) is 0 Å². The Balaban J connectivity index is 1.60. The van der Waals surface area contributed by atoms with Gasteiger partial charge in [-0.15, -0.1) is 0 Å². The Hall–Kier alpha value is -2.84. The molecule has 2 aliphatic heterocycles. The lowest BCUT2D eigenvalue weighted by molar-refractivity contribution is -0.0572. The van der Waals surface area contributed by atoms with E-state index >= 15 is 0 Å². The van der Waals surface area contributed by atoms with Gasteiger partial charge in [0, 0.05) is 12.2 Å². The fourth-order valence-corrected chi connectivity index (χ4v) is 15.0. The molecular weight excluding hydrogens is 622 g/mol. The van der Waals surface area contributed by atoms with Crippen molar-refractivity contribution in [1.82, 2.24) is 0 Å². The average Bonchev–Trinajstić information content (AvgIpc) is 3.04. The number of hydrogen-bond acceptors (Lipinski definition) is 7. The Morgan fingerprint density at radius 2 is 0.787 bits per heavy atom. The summed E-state index contributed by atoms with van der Waals surface area (Å²) < 4.78 is 48.1. The highest BCUT2D eigenvalue weighted by atomic mass is 28.5. The van der Waals surface area contributed by atoms with Crippen LogP contribution in [-0.2, 0) is 31.4 Å². The lowest BCUT2D eigenvalue weighted by atomic mass is 9.95. The smallest absolute Gasteiger partial charge is 0.402 e. The fourth-order valence-electron chi connectivity index (χ4n) is 6.63. The lowest BCUT2D eigenvalue weighted by Gasteiger charge is -2.46. The molecule has 47 heavy (non-hydrogen) atoms. The monoisotopic (exact) mass is 666 g/mol. The molecule has 6 rings (SSSR count).